The molecule has 0 saturated carbocycles. The van der Waals surface area contributed by atoms with Crippen molar-refractivity contribution in [3.05, 3.63) is 335 Å². The first-order valence-electron chi connectivity index (χ1n) is 29.8. The number of fused-ring (bicyclic) bond motifs is 23. The zero-order chi connectivity index (χ0) is 57.7. The Morgan fingerprint density at radius 3 is 0.977 bits per heavy atom. The van der Waals surface area contributed by atoms with E-state index in [4.69, 9.17) is 19.9 Å². The molecule has 15 aromatic rings. The normalized spacial score (nSPS) is 13.6. The zero-order valence-electron chi connectivity index (χ0n) is 47.2. The number of thiophene rings is 2. The third-order valence-corrected chi connectivity index (χ3v) is 20.8. The Kier molecular flexibility index (Phi) is 10.5. The first-order valence-corrected chi connectivity index (χ1v) is 31.6. The molecule has 8 heteroatoms. The summed E-state index contributed by atoms with van der Waals surface area (Å²) in [6.07, 6.45) is 7.60. The maximum absolute atomic E-state index is 5.04. The highest BCUT2D eigenvalue weighted by molar-refractivity contribution is 7.14. The van der Waals surface area contributed by atoms with Gasteiger partial charge < -0.3 is 9.80 Å². The van der Waals surface area contributed by atoms with Gasteiger partial charge >= 0.3 is 0 Å². The second kappa shape index (κ2) is 18.8. The number of para-hydroxylation sites is 2. The van der Waals surface area contributed by atoms with Crippen molar-refractivity contribution in [3.8, 4) is 65.9 Å². The molecule has 6 heterocycles. The molecule has 0 bridgehead atoms. The van der Waals surface area contributed by atoms with Crippen LogP contribution in [0.25, 0.3) is 87.5 Å². The van der Waals surface area contributed by atoms with Crippen LogP contribution in [-0.4, -0.2) is 19.9 Å². The molecule has 0 atom stereocenters. The Morgan fingerprint density at radius 2 is 0.591 bits per heavy atom. The Labute approximate surface area is 516 Å². The van der Waals surface area contributed by atoms with Crippen molar-refractivity contribution in [2.75, 3.05) is 9.80 Å². The summed E-state index contributed by atoms with van der Waals surface area (Å²) in [5, 5.41) is 9.12. The fourth-order valence-corrected chi connectivity index (χ4v) is 17.3. The first kappa shape index (κ1) is 49.4. The number of hydrogen-bond donors (Lipinski definition) is 0. The van der Waals surface area contributed by atoms with Crippen LogP contribution in [0.5, 0.6) is 0 Å². The van der Waals surface area contributed by atoms with Crippen LogP contribution in [0, 0.1) is 0 Å². The standard InChI is InChI=1S/C80H48N6S2/c1-3-17-49(18-4-1)85(53-31-35-57-55-21-7-9-23-63(55)79(69(57)47-53)65-25-11-39-81-75(65)76-66(79)26-12-40-82-76)51-33-37-59-61(45-51)62-46-52(34-38-60(62)74(72-30-16-44-88-72)73(59)71-29-15-43-87-71)86(50-19-5-2-6-20-50)54-32-36-58-56-22-8-10-24-64(56)80(70(58)48-54)67-27-13-41-83-77(67)78-68(80)28-14-42-84-78/h1-48H. The molecule has 6 nitrogen and oxygen atoms in total. The van der Waals surface area contributed by atoms with Crippen molar-refractivity contribution in [1.82, 2.24) is 19.9 Å². The molecule has 0 radical (unpaired) electrons. The summed E-state index contributed by atoms with van der Waals surface area (Å²) in [4.78, 5) is 27.5. The van der Waals surface area contributed by atoms with E-state index >= 15 is 0 Å². The maximum Gasteiger partial charge on any atom is 0.0937 e. The lowest BCUT2D eigenvalue weighted by atomic mass is 9.71. The van der Waals surface area contributed by atoms with E-state index in [0.717, 1.165) is 89.9 Å². The van der Waals surface area contributed by atoms with Crippen molar-refractivity contribution in [2.24, 2.45) is 0 Å². The van der Waals surface area contributed by atoms with Crippen molar-refractivity contribution in [1.29, 1.82) is 0 Å². The molecule has 9 aromatic carbocycles. The third-order valence-electron chi connectivity index (χ3n) is 19.0. The van der Waals surface area contributed by atoms with Gasteiger partial charge in [-0.2, -0.15) is 0 Å². The Balaban J connectivity index is 0.856. The van der Waals surface area contributed by atoms with Crippen LogP contribution >= 0.6 is 22.7 Å². The number of benzene rings is 9. The zero-order valence-corrected chi connectivity index (χ0v) is 48.8. The molecule has 6 aromatic heterocycles. The topological polar surface area (TPSA) is 58.0 Å². The second-order valence-corrected chi connectivity index (χ2v) is 25.1. The van der Waals surface area contributed by atoms with Gasteiger partial charge in [0.2, 0.25) is 0 Å². The van der Waals surface area contributed by atoms with Crippen LogP contribution in [0.4, 0.5) is 34.1 Å². The van der Waals surface area contributed by atoms with Gasteiger partial charge in [-0.25, -0.2) is 0 Å². The summed E-state index contributed by atoms with van der Waals surface area (Å²) in [5.41, 5.74) is 25.8. The lowest BCUT2D eigenvalue weighted by Gasteiger charge is -2.32. The molecule has 19 rings (SSSR count). The Bertz CT molecular complexity index is 4910. The van der Waals surface area contributed by atoms with Crippen molar-refractivity contribution >= 4 is 78.3 Å². The summed E-state index contributed by atoms with van der Waals surface area (Å²) < 4.78 is 0. The number of pyridine rings is 4. The third kappa shape index (κ3) is 6.65. The van der Waals surface area contributed by atoms with Crippen LogP contribution in [0.2, 0.25) is 0 Å². The molecular weight excluding hydrogens is 1110 g/mol. The van der Waals surface area contributed by atoms with Crippen LogP contribution in [0.1, 0.15) is 44.5 Å². The Morgan fingerprint density at radius 1 is 0.250 bits per heavy atom. The minimum atomic E-state index is -0.615. The van der Waals surface area contributed by atoms with Crippen molar-refractivity contribution in [2.45, 2.75) is 10.8 Å². The molecule has 410 valence electrons. The predicted molar refractivity (Wildman–Crippen MR) is 361 cm³/mol. The molecular formula is C80H48N6S2. The van der Waals surface area contributed by atoms with E-state index < -0.39 is 10.8 Å². The molecule has 88 heavy (non-hydrogen) atoms. The van der Waals surface area contributed by atoms with Crippen molar-refractivity contribution < 1.29 is 0 Å². The number of aromatic nitrogens is 4. The lowest BCUT2D eigenvalue weighted by Crippen LogP contribution is -2.26. The van der Waals surface area contributed by atoms with Gasteiger partial charge in [-0.15, -0.1) is 22.7 Å². The van der Waals surface area contributed by atoms with Gasteiger partial charge in [0.25, 0.3) is 0 Å². The van der Waals surface area contributed by atoms with E-state index in [1.807, 2.05) is 24.8 Å². The summed E-state index contributed by atoms with van der Waals surface area (Å²) in [7, 11) is 0. The molecule has 0 aliphatic heterocycles. The molecule has 0 amide bonds. The van der Waals surface area contributed by atoms with E-state index in [1.54, 1.807) is 22.7 Å². The van der Waals surface area contributed by atoms with Gasteiger partial charge in [-0.05, 0) is 208 Å². The number of nitrogens with zero attached hydrogens (tertiary/aromatic N) is 6. The average Bonchev–Trinajstić information content (AvgIpc) is 1.53. The van der Waals surface area contributed by atoms with E-state index in [9.17, 15) is 0 Å². The molecule has 0 N–H and O–H groups in total. The summed E-state index contributed by atoms with van der Waals surface area (Å²) in [5.74, 6) is 0. The monoisotopic (exact) mass is 1160 g/mol. The summed E-state index contributed by atoms with van der Waals surface area (Å²) in [6, 6.07) is 94.5. The highest BCUT2D eigenvalue weighted by atomic mass is 32.1. The minimum absolute atomic E-state index is 0.615. The summed E-state index contributed by atoms with van der Waals surface area (Å²) in [6.45, 7) is 0. The largest absolute Gasteiger partial charge is 0.310 e. The molecule has 4 aliphatic rings. The van der Waals surface area contributed by atoms with Crippen LogP contribution in [-0.2, 0) is 10.8 Å². The molecule has 2 spiro atoms. The number of anilines is 6. The van der Waals surface area contributed by atoms with Gasteiger partial charge in [0.15, 0.2) is 0 Å². The molecule has 0 saturated heterocycles. The smallest absolute Gasteiger partial charge is 0.0937 e. The van der Waals surface area contributed by atoms with Gasteiger partial charge in [-0.3, -0.25) is 19.9 Å². The van der Waals surface area contributed by atoms with Crippen molar-refractivity contribution in [3.63, 3.8) is 0 Å². The van der Waals surface area contributed by atoms with Crippen LogP contribution < -0.4 is 9.80 Å². The van der Waals surface area contributed by atoms with E-state index in [1.165, 1.54) is 76.2 Å². The van der Waals surface area contributed by atoms with E-state index in [0.29, 0.717) is 0 Å². The van der Waals surface area contributed by atoms with Gasteiger partial charge in [0.1, 0.15) is 0 Å². The van der Waals surface area contributed by atoms with Crippen LogP contribution in [0.15, 0.2) is 290 Å². The molecule has 0 unspecified atom stereocenters. The maximum atomic E-state index is 5.04. The fourth-order valence-electron chi connectivity index (χ4n) is 15.7. The van der Waals surface area contributed by atoms with Crippen LogP contribution in [0.3, 0.4) is 0 Å². The second-order valence-electron chi connectivity index (χ2n) is 23.2. The van der Waals surface area contributed by atoms with E-state index in [2.05, 4.69) is 275 Å². The Hall–Kier alpha value is -10.9. The quantitative estimate of drug-likeness (QED) is 0.141. The SMILES string of the molecule is c1ccc(N(c2ccc3c(c2)C2(c4ccccc4-3)c3cccnc3-c3ncccc32)c2ccc3c(-c4cccs4)c(-c4cccs4)c4ccc(N(c5ccccc5)c5ccc6c(c5)C5(c7ccccc7-6)c6cccnc6-c6ncccc65)cc4c3c2)cc1. The van der Waals surface area contributed by atoms with E-state index in [-0.39, 0.29) is 0 Å². The number of hydrogen-bond acceptors (Lipinski definition) is 8. The fraction of sp³-hybridized carbons (Fsp3) is 0.0250. The molecule has 4 aliphatic carbocycles. The lowest BCUT2D eigenvalue weighted by molar-refractivity contribution is 0.789. The average molecular weight is 1160 g/mol. The summed E-state index contributed by atoms with van der Waals surface area (Å²) >= 11 is 3.59. The van der Waals surface area contributed by atoms with Gasteiger partial charge in [-0.1, -0.05) is 146 Å². The highest BCUT2D eigenvalue weighted by Gasteiger charge is 2.54. The number of rotatable bonds is 8. The predicted octanol–water partition coefficient (Wildman–Crippen LogP) is 20.7. The minimum Gasteiger partial charge on any atom is -0.310 e. The van der Waals surface area contributed by atoms with Gasteiger partial charge in [0, 0.05) is 79.8 Å². The molecule has 0 fully saturated rings. The first-order chi connectivity index (χ1) is 43.7. The highest BCUT2D eigenvalue weighted by Crippen LogP contribution is 2.65. The van der Waals surface area contributed by atoms with Gasteiger partial charge in [0.05, 0.1) is 33.6 Å².